The van der Waals surface area contributed by atoms with Gasteiger partial charge in [0.2, 0.25) is 0 Å². The Bertz CT molecular complexity index is 592. The predicted molar refractivity (Wildman–Crippen MR) is 70.0 cm³/mol. The summed E-state index contributed by atoms with van der Waals surface area (Å²) in [5.41, 5.74) is 0.440. The maximum atomic E-state index is 10.7. The van der Waals surface area contributed by atoms with Crippen LogP contribution in [0.3, 0.4) is 0 Å². The number of rotatable bonds is 4. The predicted octanol–water partition coefficient (Wildman–Crippen LogP) is 3.44. The first-order chi connectivity index (χ1) is 8.59. The number of nitro groups is 1. The van der Waals surface area contributed by atoms with E-state index in [-0.39, 0.29) is 16.8 Å². The zero-order valence-corrected chi connectivity index (χ0v) is 11.8. The lowest BCUT2D eigenvalue weighted by Gasteiger charge is -2.06. The van der Waals surface area contributed by atoms with Crippen molar-refractivity contribution in [3.63, 3.8) is 0 Å². The molecule has 2 aromatic rings. The lowest BCUT2D eigenvalue weighted by atomic mass is 10.3. The Morgan fingerprint density at radius 1 is 1.56 bits per heavy atom. The molecule has 0 aliphatic heterocycles. The molecule has 18 heavy (non-hydrogen) atoms. The van der Waals surface area contributed by atoms with Crippen LogP contribution in [0, 0.1) is 10.1 Å². The van der Waals surface area contributed by atoms with Crippen LogP contribution in [0.4, 0.5) is 5.69 Å². The second-order valence-electron chi connectivity index (χ2n) is 3.13. The number of ether oxygens (including phenoxy) is 1. The molecule has 0 atom stereocenters. The van der Waals surface area contributed by atoms with E-state index in [4.69, 9.17) is 16.3 Å². The van der Waals surface area contributed by atoms with Crippen molar-refractivity contribution in [1.82, 2.24) is 9.59 Å². The van der Waals surface area contributed by atoms with Crippen molar-refractivity contribution in [2.45, 2.75) is 6.61 Å². The van der Waals surface area contributed by atoms with Gasteiger partial charge in [-0.25, -0.2) is 0 Å². The molecule has 0 saturated carbocycles. The average molecular weight is 351 g/mol. The highest BCUT2D eigenvalue weighted by Crippen LogP contribution is 2.34. The van der Waals surface area contributed by atoms with Gasteiger partial charge in [0.05, 0.1) is 4.92 Å². The van der Waals surface area contributed by atoms with E-state index < -0.39 is 4.92 Å². The molecule has 0 saturated heterocycles. The van der Waals surface area contributed by atoms with E-state index in [1.54, 1.807) is 12.1 Å². The average Bonchev–Trinajstić information content (AvgIpc) is 2.73. The summed E-state index contributed by atoms with van der Waals surface area (Å²) >= 11 is 10.0. The standard InChI is InChI=1S/C9H5BrClN3O3S/c10-8-6(14(15)16)2-1-3-7(8)17-4-5-9(11)18-13-12-5/h1-3H,4H2. The summed E-state index contributed by atoms with van der Waals surface area (Å²) in [6, 6.07) is 4.54. The van der Waals surface area contributed by atoms with Gasteiger partial charge < -0.3 is 4.74 Å². The van der Waals surface area contributed by atoms with Gasteiger partial charge in [0.25, 0.3) is 5.69 Å². The third-order valence-electron chi connectivity index (χ3n) is 2.01. The molecule has 6 nitrogen and oxygen atoms in total. The normalized spacial score (nSPS) is 10.3. The number of nitro benzene ring substituents is 1. The molecule has 0 N–H and O–H groups in total. The second-order valence-corrected chi connectivity index (χ2v) is 5.28. The highest BCUT2D eigenvalue weighted by atomic mass is 79.9. The van der Waals surface area contributed by atoms with Gasteiger partial charge in [-0.3, -0.25) is 10.1 Å². The zero-order valence-electron chi connectivity index (χ0n) is 8.67. The molecular formula is C9H5BrClN3O3S. The Morgan fingerprint density at radius 2 is 2.33 bits per heavy atom. The van der Waals surface area contributed by atoms with Crippen LogP contribution in [-0.2, 0) is 6.61 Å². The molecule has 2 rings (SSSR count). The summed E-state index contributed by atoms with van der Waals surface area (Å²) in [5, 5.41) is 14.5. The van der Waals surface area contributed by atoms with Gasteiger partial charge in [0.1, 0.15) is 26.9 Å². The van der Waals surface area contributed by atoms with Gasteiger partial charge in [-0.1, -0.05) is 22.2 Å². The first kappa shape index (κ1) is 13.2. The largest absolute Gasteiger partial charge is 0.486 e. The molecule has 0 aliphatic carbocycles. The molecule has 1 aromatic heterocycles. The van der Waals surface area contributed by atoms with E-state index in [2.05, 4.69) is 25.5 Å². The number of nitrogens with zero attached hydrogens (tertiary/aromatic N) is 3. The van der Waals surface area contributed by atoms with Crippen LogP contribution in [0.25, 0.3) is 0 Å². The molecule has 0 spiro atoms. The summed E-state index contributed by atoms with van der Waals surface area (Å²) in [4.78, 5) is 10.2. The van der Waals surface area contributed by atoms with E-state index in [9.17, 15) is 10.1 Å². The lowest BCUT2D eigenvalue weighted by molar-refractivity contribution is -0.385. The van der Waals surface area contributed by atoms with Gasteiger partial charge in [-0.2, -0.15) is 0 Å². The van der Waals surface area contributed by atoms with E-state index in [0.717, 1.165) is 11.5 Å². The Morgan fingerprint density at radius 3 is 2.94 bits per heavy atom. The number of hydrogen-bond acceptors (Lipinski definition) is 6. The van der Waals surface area contributed by atoms with Crippen molar-refractivity contribution in [1.29, 1.82) is 0 Å². The van der Waals surface area contributed by atoms with Crippen molar-refractivity contribution in [2.24, 2.45) is 0 Å². The summed E-state index contributed by atoms with van der Waals surface area (Å²) in [6.45, 7) is 0.106. The Balaban J connectivity index is 2.17. The lowest BCUT2D eigenvalue weighted by Crippen LogP contribution is -1.98. The molecule has 1 aromatic carbocycles. The van der Waals surface area contributed by atoms with Crippen LogP contribution < -0.4 is 4.74 Å². The van der Waals surface area contributed by atoms with Gasteiger partial charge in [-0.15, -0.1) is 5.10 Å². The number of halogens is 2. The zero-order chi connectivity index (χ0) is 13.1. The van der Waals surface area contributed by atoms with Crippen LogP contribution in [-0.4, -0.2) is 14.5 Å². The van der Waals surface area contributed by atoms with Crippen LogP contribution in [0.15, 0.2) is 22.7 Å². The maximum absolute atomic E-state index is 10.7. The highest BCUT2D eigenvalue weighted by molar-refractivity contribution is 9.10. The van der Waals surface area contributed by atoms with E-state index in [1.165, 1.54) is 6.07 Å². The maximum Gasteiger partial charge on any atom is 0.287 e. The Kier molecular flexibility index (Phi) is 4.10. The molecule has 0 fully saturated rings. The number of benzene rings is 1. The van der Waals surface area contributed by atoms with Crippen LogP contribution in [0.2, 0.25) is 4.34 Å². The van der Waals surface area contributed by atoms with Crippen LogP contribution in [0.5, 0.6) is 5.75 Å². The van der Waals surface area contributed by atoms with Gasteiger partial charge in [0, 0.05) is 17.6 Å². The summed E-state index contributed by atoms with van der Waals surface area (Å²) in [5.74, 6) is 0.355. The molecule has 0 unspecified atom stereocenters. The minimum Gasteiger partial charge on any atom is -0.486 e. The molecule has 0 radical (unpaired) electrons. The SMILES string of the molecule is O=[N+]([O-])c1cccc(OCc2nnsc2Cl)c1Br. The third kappa shape index (κ3) is 2.77. The number of hydrogen-bond donors (Lipinski definition) is 0. The fourth-order valence-electron chi connectivity index (χ4n) is 1.18. The summed E-state index contributed by atoms with van der Waals surface area (Å²) in [6.07, 6.45) is 0. The van der Waals surface area contributed by atoms with E-state index >= 15 is 0 Å². The summed E-state index contributed by atoms with van der Waals surface area (Å²) < 4.78 is 9.81. The second kappa shape index (κ2) is 5.59. The van der Waals surface area contributed by atoms with Crippen molar-refractivity contribution in [2.75, 3.05) is 0 Å². The van der Waals surface area contributed by atoms with Crippen LogP contribution in [0.1, 0.15) is 5.69 Å². The van der Waals surface area contributed by atoms with Gasteiger partial charge >= 0.3 is 0 Å². The molecule has 9 heteroatoms. The van der Waals surface area contributed by atoms with Crippen molar-refractivity contribution < 1.29 is 9.66 Å². The molecule has 0 bridgehead atoms. The minimum atomic E-state index is -0.492. The van der Waals surface area contributed by atoms with Crippen molar-refractivity contribution in [3.8, 4) is 5.75 Å². The van der Waals surface area contributed by atoms with E-state index in [0.29, 0.717) is 15.8 Å². The van der Waals surface area contributed by atoms with Crippen molar-refractivity contribution >= 4 is 44.8 Å². The minimum absolute atomic E-state index is 0.0602. The quantitative estimate of drug-likeness (QED) is 0.623. The third-order valence-corrected chi connectivity index (χ3v) is 3.79. The van der Waals surface area contributed by atoms with Gasteiger partial charge in [0.15, 0.2) is 0 Å². The summed E-state index contributed by atoms with van der Waals surface area (Å²) in [7, 11) is 0. The molecule has 0 aliphatic rings. The highest BCUT2D eigenvalue weighted by Gasteiger charge is 2.16. The van der Waals surface area contributed by atoms with Crippen molar-refractivity contribution in [3.05, 3.63) is 42.8 Å². The monoisotopic (exact) mass is 349 g/mol. The number of aromatic nitrogens is 2. The van der Waals surface area contributed by atoms with Crippen LogP contribution >= 0.6 is 39.1 Å². The molecular weight excluding hydrogens is 346 g/mol. The first-order valence-corrected chi connectivity index (χ1v) is 6.56. The topological polar surface area (TPSA) is 78.2 Å². The molecule has 0 amide bonds. The first-order valence-electron chi connectivity index (χ1n) is 4.62. The smallest absolute Gasteiger partial charge is 0.287 e. The molecule has 1 heterocycles. The Hall–Kier alpha value is -1.25. The molecule has 94 valence electrons. The fourth-order valence-corrected chi connectivity index (χ4v) is 2.31. The fraction of sp³-hybridized carbons (Fsp3) is 0.111. The Labute approximate surface area is 119 Å². The van der Waals surface area contributed by atoms with E-state index in [1.807, 2.05) is 0 Å². The van der Waals surface area contributed by atoms with Gasteiger partial charge in [-0.05, 0) is 22.0 Å².